The van der Waals surface area contributed by atoms with Crippen LogP contribution in [0, 0.1) is 0 Å². The Morgan fingerprint density at radius 2 is 2.05 bits per heavy atom. The van der Waals surface area contributed by atoms with Gasteiger partial charge in [0.05, 0.1) is 17.4 Å². The second kappa shape index (κ2) is 6.75. The minimum absolute atomic E-state index is 0.471. The van der Waals surface area contributed by atoms with Crippen molar-refractivity contribution in [3.05, 3.63) is 24.5 Å². The second-order valence-corrected chi connectivity index (χ2v) is 5.42. The number of hydrogen-bond donors (Lipinski definition) is 1. The van der Waals surface area contributed by atoms with Gasteiger partial charge in [-0.15, -0.1) is 0 Å². The first-order chi connectivity index (χ1) is 9.65. The van der Waals surface area contributed by atoms with E-state index in [4.69, 9.17) is 5.73 Å². The van der Waals surface area contributed by atoms with Gasteiger partial charge in [-0.1, -0.05) is 13.8 Å². The zero-order valence-corrected chi connectivity index (χ0v) is 12.8. The fraction of sp³-hybridized carbons (Fsp3) is 0.562. The van der Waals surface area contributed by atoms with Crippen molar-refractivity contribution in [2.45, 2.75) is 39.7 Å². The Hall–Kier alpha value is -1.55. The molecule has 0 saturated heterocycles. The van der Waals surface area contributed by atoms with Crippen molar-refractivity contribution < 1.29 is 0 Å². The monoisotopic (exact) mass is 274 g/mol. The van der Waals surface area contributed by atoms with Crippen molar-refractivity contribution >= 4 is 16.7 Å². The van der Waals surface area contributed by atoms with Gasteiger partial charge in [0.25, 0.3) is 0 Å². The topological polar surface area (TPSA) is 47.1 Å². The Bertz CT molecular complexity index is 542. The highest BCUT2D eigenvalue weighted by atomic mass is 15.1. The minimum Gasteiger partial charge on any atom is -0.399 e. The molecular weight excluding hydrogens is 248 g/mol. The quantitative estimate of drug-likeness (QED) is 0.788. The molecule has 0 amide bonds. The molecule has 0 aliphatic rings. The van der Waals surface area contributed by atoms with Crippen LogP contribution < -0.4 is 5.73 Å². The molecule has 0 aliphatic heterocycles. The van der Waals surface area contributed by atoms with Crippen LogP contribution >= 0.6 is 0 Å². The summed E-state index contributed by atoms with van der Waals surface area (Å²) in [5, 5.41) is 0. The predicted molar refractivity (Wildman–Crippen MR) is 85.9 cm³/mol. The SMILES string of the molecule is CCN(CC)CCCC(C)n1cnc2cc(N)ccc21. The van der Waals surface area contributed by atoms with Crippen LogP contribution in [0.5, 0.6) is 0 Å². The highest BCUT2D eigenvalue weighted by molar-refractivity contribution is 5.79. The number of fused-ring (bicyclic) bond motifs is 1. The molecule has 110 valence electrons. The van der Waals surface area contributed by atoms with Crippen molar-refractivity contribution in [1.29, 1.82) is 0 Å². The van der Waals surface area contributed by atoms with Crippen molar-refractivity contribution in [2.24, 2.45) is 0 Å². The van der Waals surface area contributed by atoms with Gasteiger partial charge < -0.3 is 15.2 Å². The smallest absolute Gasteiger partial charge is 0.0960 e. The van der Waals surface area contributed by atoms with Crippen LogP contribution in [0.4, 0.5) is 5.69 Å². The fourth-order valence-corrected chi connectivity index (χ4v) is 2.69. The zero-order chi connectivity index (χ0) is 14.5. The molecule has 0 saturated carbocycles. The average molecular weight is 274 g/mol. The number of anilines is 1. The van der Waals surface area contributed by atoms with E-state index in [0.717, 1.165) is 24.3 Å². The molecule has 1 aromatic heterocycles. The molecule has 4 nitrogen and oxygen atoms in total. The molecular formula is C16H26N4. The molecule has 1 atom stereocenters. The lowest BCUT2D eigenvalue weighted by atomic mass is 10.1. The van der Waals surface area contributed by atoms with E-state index in [1.54, 1.807) is 0 Å². The van der Waals surface area contributed by atoms with Gasteiger partial charge in [-0.3, -0.25) is 0 Å². The number of nitrogen functional groups attached to an aromatic ring is 1. The molecule has 1 heterocycles. The molecule has 2 rings (SSSR count). The van der Waals surface area contributed by atoms with E-state index < -0.39 is 0 Å². The minimum atomic E-state index is 0.471. The lowest BCUT2D eigenvalue weighted by molar-refractivity contribution is 0.289. The Labute approximate surface area is 121 Å². The molecule has 4 heteroatoms. The first kappa shape index (κ1) is 14.9. The Morgan fingerprint density at radius 1 is 1.30 bits per heavy atom. The maximum atomic E-state index is 5.80. The summed E-state index contributed by atoms with van der Waals surface area (Å²) in [5.74, 6) is 0. The summed E-state index contributed by atoms with van der Waals surface area (Å²) in [7, 11) is 0. The Morgan fingerprint density at radius 3 is 2.75 bits per heavy atom. The molecule has 2 N–H and O–H groups in total. The summed E-state index contributed by atoms with van der Waals surface area (Å²) in [6.07, 6.45) is 4.33. The number of benzene rings is 1. The molecule has 1 aromatic carbocycles. The third-order valence-electron chi connectivity index (χ3n) is 4.06. The molecule has 20 heavy (non-hydrogen) atoms. The highest BCUT2D eigenvalue weighted by Gasteiger charge is 2.10. The van der Waals surface area contributed by atoms with E-state index >= 15 is 0 Å². The summed E-state index contributed by atoms with van der Waals surface area (Å²) < 4.78 is 2.26. The van der Waals surface area contributed by atoms with Gasteiger partial charge in [0, 0.05) is 11.7 Å². The first-order valence-corrected chi connectivity index (χ1v) is 7.60. The number of rotatable bonds is 7. The molecule has 0 aliphatic carbocycles. The van der Waals surface area contributed by atoms with Crippen LogP contribution in [-0.2, 0) is 0 Å². The van der Waals surface area contributed by atoms with Gasteiger partial charge in [-0.25, -0.2) is 4.98 Å². The lowest BCUT2D eigenvalue weighted by Crippen LogP contribution is -2.24. The molecule has 0 fully saturated rings. The van der Waals surface area contributed by atoms with Crippen LogP contribution in [0.1, 0.15) is 39.7 Å². The number of imidazole rings is 1. The lowest BCUT2D eigenvalue weighted by Gasteiger charge is -2.20. The summed E-state index contributed by atoms with van der Waals surface area (Å²) in [5.41, 5.74) is 8.74. The van der Waals surface area contributed by atoms with Crippen LogP contribution in [0.15, 0.2) is 24.5 Å². The van der Waals surface area contributed by atoms with Gasteiger partial charge in [-0.2, -0.15) is 0 Å². The number of hydrogen-bond acceptors (Lipinski definition) is 3. The van der Waals surface area contributed by atoms with E-state index in [-0.39, 0.29) is 0 Å². The molecule has 0 radical (unpaired) electrons. The van der Waals surface area contributed by atoms with E-state index in [1.165, 1.54) is 24.9 Å². The first-order valence-electron chi connectivity index (χ1n) is 7.60. The summed E-state index contributed by atoms with van der Waals surface area (Å²) in [6.45, 7) is 10.2. The van der Waals surface area contributed by atoms with Crippen LogP contribution in [0.2, 0.25) is 0 Å². The van der Waals surface area contributed by atoms with Crippen molar-refractivity contribution in [2.75, 3.05) is 25.4 Å². The summed E-state index contributed by atoms with van der Waals surface area (Å²) >= 11 is 0. The normalized spacial score (nSPS) is 13.2. The predicted octanol–water partition coefficient (Wildman–Crippen LogP) is 3.30. The van der Waals surface area contributed by atoms with Gasteiger partial charge >= 0.3 is 0 Å². The Balaban J connectivity index is 1.99. The van der Waals surface area contributed by atoms with Crippen molar-refractivity contribution in [3.8, 4) is 0 Å². The largest absolute Gasteiger partial charge is 0.399 e. The van der Waals surface area contributed by atoms with Gasteiger partial charge in [0.1, 0.15) is 0 Å². The van der Waals surface area contributed by atoms with Crippen molar-refractivity contribution in [3.63, 3.8) is 0 Å². The van der Waals surface area contributed by atoms with E-state index in [2.05, 4.69) is 41.3 Å². The van der Waals surface area contributed by atoms with Gasteiger partial charge in [-0.05, 0) is 57.6 Å². The fourth-order valence-electron chi connectivity index (χ4n) is 2.69. The highest BCUT2D eigenvalue weighted by Crippen LogP contribution is 2.22. The van der Waals surface area contributed by atoms with E-state index in [0.29, 0.717) is 6.04 Å². The summed E-state index contributed by atoms with van der Waals surface area (Å²) in [6, 6.07) is 6.43. The van der Waals surface area contributed by atoms with Crippen LogP contribution in [0.25, 0.3) is 11.0 Å². The van der Waals surface area contributed by atoms with Gasteiger partial charge in [0.15, 0.2) is 0 Å². The van der Waals surface area contributed by atoms with Gasteiger partial charge in [0.2, 0.25) is 0 Å². The average Bonchev–Trinajstić information content (AvgIpc) is 2.86. The number of nitrogens with two attached hydrogens (primary N) is 1. The molecule has 2 aromatic rings. The number of nitrogens with zero attached hydrogens (tertiary/aromatic N) is 3. The van der Waals surface area contributed by atoms with Crippen LogP contribution in [-0.4, -0.2) is 34.1 Å². The Kier molecular flexibility index (Phi) is 5.01. The number of aromatic nitrogens is 2. The summed E-state index contributed by atoms with van der Waals surface area (Å²) in [4.78, 5) is 6.92. The second-order valence-electron chi connectivity index (χ2n) is 5.42. The molecule has 0 spiro atoms. The zero-order valence-electron chi connectivity index (χ0n) is 12.8. The third-order valence-corrected chi connectivity index (χ3v) is 4.06. The van der Waals surface area contributed by atoms with E-state index in [9.17, 15) is 0 Å². The van der Waals surface area contributed by atoms with Crippen molar-refractivity contribution in [1.82, 2.24) is 14.5 Å². The maximum absolute atomic E-state index is 5.80. The molecule has 0 bridgehead atoms. The van der Waals surface area contributed by atoms with E-state index in [1.807, 2.05) is 18.5 Å². The standard InChI is InChI=1S/C16H26N4/c1-4-19(5-2)10-6-7-13(3)20-12-18-15-11-14(17)8-9-16(15)20/h8-9,11-13H,4-7,10,17H2,1-3H3. The molecule has 1 unspecified atom stereocenters. The van der Waals surface area contributed by atoms with Crippen LogP contribution in [0.3, 0.4) is 0 Å². The maximum Gasteiger partial charge on any atom is 0.0960 e. The third kappa shape index (κ3) is 3.31.